The normalized spacial score (nSPS) is 19.3. The number of hydrogen-bond donors (Lipinski definition) is 3. The van der Waals surface area contributed by atoms with Crippen LogP contribution in [0.3, 0.4) is 0 Å². The molecule has 1 aliphatic rings. The summed E-state index contributed by atoms with van der Waals surface area (Å²) in [6, 6.07) is 7.42. The van der Waals surface area contributed by atoms with Crippen LogP contribution in [-0.4, -0.2) is 36.3 Å². The summed E-state index contributed by atoms with van der Waals surface area (Å²) >= 11 is 0. The zero-order valence-corrected chi connectivity index (χ0v) is 10.4. The molecule has 1 saturated heterocycles. The lowest BCUT2D eigenvalue weighted by Gasteiger charge is -2.17. The van der Waals surface area contributed by atoms with Gasteiger partial charge in [-0.3, -0.25) is 10.2 Å². The minimum atomic E-state index is -0.0546. The Bertz CT molecular complexity index is 472. The van der Waals surface area contributed by atoms with Gasteiger partial charge in [-0.2, -0.15) is 0 Å². The van der Waals surface area contributed by atoms with E-state index in [-0.39, 0.29) is 17.8 Å². The van der Waals surface area contributed by atoms with Gasteiger partial charge < -0.3 is 16.0 Å². The molecule has 5 nitrogen and oxygen atoms in total. The van der Waals surface area contributed by atoms with Crippen LogP contribution < -0.4 is 11.1 Å². The summed E-state index contributed by atoms with van der Waals surface area (Å²) in [6.45, 7) is 1.35. The molecule has 1 aromatic carbocycles. The molecule has 4 N–H and O–H groups in total. The molecule has 0 aromatic heterocycles. The summed E-state index contributed by atoms with van der Waals surface area (Å²) < 4.78 is 0. The number of likely N-dealkylation sites (N-methyl/N-ethyl adjacent to an activating group) is 1. The molecule has 0 saturated carbocycles. The average molecular weight is 246 g/mol. The minimum Gasteiger partial charge on any atom is -0.384 e. The fraction of sp³-hybridized carbons (Fsp3) is 0.385. The van der Waals surface area contributed by atoms with Crippen molar-refractivity contribution in [2.45, 2.75) is 19.0 Å². The fourth-order valence-electron chi connectivity index (χ4n) is 2.22. The summed E-state index contributed by atoms with van der Waals surface area (Å²) in [5, 5.41) is 10.4. The van der Waals surface area contributed by atoms with E-state index in [2.05, 4.69) is 5.32 Å². The van der Waals surface area contributed by atoms with Crippen molar-refractivity contribution < 1.29 is 4.79 Å². The van der Waals surface area contributed by atoms with E-state index in [0.29, 0.717) is 12.1 Å². The van der Waals surface area contributed by atoms with Crippen LogP contribution in [-0.2, 0) is 11.3 Å². The predicted octanol–water partition coefficient (Wildman–Crippen LogP) is 0.291. The average Bonchev–Trinajstić information content (AvgIpc) is 2.71. The highest BCUT2D eigenvalue weighted by Crippen LogP contribution is 2.15. The molecular weight excluding hydrogens is 228 g/mol. The van der Waals surface area contributed by atoms with Crippen molar-refractivity contribution in [1.29, 1.82) is 5.41 Å². The van der Waals surface area contributed by atoms with Gasteiger partial charge in [0.15, 0.2) is 0 Å². The zero-order chi connectivity index (χ0) is 13.1. The van der Waals surface area contributed by atoms with E-state index < -0.39 is 0 Å². The first-order chi connectivity index (χ1) is 8.61. The standard InChI is InChI=1S/C13H18N4O/c1-16-11-5-6-17(13(11)18)8-9-3-2-4-10(7-9)12(14)15/h2-4,7,11,16H,5-6,8H2,1H3,(H3,14,15)/t11-/m1/s1. The van der Waals surface area contributed by atoms with Gasteiger partial charge in [0.05, 0.1) is 6.04 Å². The molecule has 1 amide bonds. The number of amidine groups is 1. The Hall–Kier alpha value is -1.88. The summed E-state index contributed by atoms with van der Waals surface area (Å²) in [5.41, 5.74) is 7.16. The molecule has 0 spiro atoms. The second-order valence-electron chi connectivity index (χ2n) is 4.50. The predicted molar refractivity (Wildman–Crippen MR) is 70.3 cm³/mol. The first-order valence-corrected chi connectivity index (χ1v) is 6.01. The molecule has 96 valence electrons. The van der Waals surface area contributed by atoms with Gasteiger partial charge in [-0.1, -0.05) is 18.2 Å². The van der Waals surface area contributed by atoms with Crippen molar-refractivity contribution in [2.75, 3.05) is 13.6 Å². The molecule has 1 heterocycles. The van der Waals surface area contributed by atoms with Gasteiger partial charge in [0, 0.05) is 18.7 Å². The highest BCUT2D eigenvalue weighted by Gasteiger charge is 2.29. The van der Waals surface area contributed by atoms with Crippen molar-refractivity contribution in [3.05, 3.63) is 35.4 Å². The van der Waals surface area contributed by atoms with Crippen molar-refractivity contribution in [3.8, 4) is 0 Å². The maximum atomic E-state index is 12.0. The molecule has 1 atom stereocenters. The van der Waals surface area contributed by atoms with Gasteiger partial charge in [0.25, 0.3) is 0 Å². The van der Waals surface area contributed by atoms with Crippen LogP contribution in [0.15, 0.2) is 24.3 Å². The Balaban J connectivity index is 2.08. The van der Waals surface area contributed by atoms with Gasteiger partial charge in [-0.05, 0) is 25.1 Å². The molecule has 1 aromatic rings. The molecule has 0 unspecified atom stereocenters. The number of hydrogen-bond acceptors (Lipinski definition) is 3. The first-order valence-electron chi connectivity index (χ1n) is 6.01. The highest BCUT2D eigenvalue weighted by molar-refractivity contribution is 5.95. The molecule has 1 fully saturated rings. The van der Waals surface area contributed by atoms with Crippen LogP contribution in [0.2, 0.25) is 0 Å². The van der Waals surface area contributed by atoms with Gasteiger partial charge in [-0.15, -0.1) is 0 Å². The number of rotatable bonds is 4. The van der Waals surface area contributed by atoms with Crippen LogP contribution >= 0.6 is 0 Å². The maximum Gasteiger partial charge on any atom is 0.240 e. The summed E-state index contributed by atoms with van der Waals surface area (Å²) in [7, 11) is 1.81. The fourth-order valence-corrected chi connectivity index (χ4v) is 2.22. The topological polar surface area (TPSA) is 82.2 Å². The molecule has 2 rings (SSSR count). The Kier molecular flexibility index (Phi) is 3.62. The van der Waals surface area contributed by atoms with E-state index in [4.69, 9.17) is 11.1 Å². The number of nitrogens with zero attached hydrogens (tertiary/aromatic N) is 1. The second kappa shape index (κ2) is 5.18. The van der Waals surface area contributed by atoms with Crippen LogP contribution in [0.5, 0.6) is 0 Å². The smallest absolute Gasteiger partial charge is 0.240 e. The number of carbonyl (C=O) groups excluding carboxylic acids is 1. The Labute approximate surface area is 106 Å². The largest absolute Gasteiger partial charge is 0.384 e. The van der Waals surface area contributed by atoms with E-state index in [0.717, 1.165) is 18.5 Å². The van der Waals surface area contributed by atoms with Crippen molar-refractivity contribution in [2.24, 2.45) is 5.73 Å². The number of nitrogens with one attached hydrogen (secondary N) is 2. The summed E-state index contributed by atoms with van der Waals surface area (Å²) in [4.78, 5) is 13.8. The monoisotopic (exact) mass is 246 g/mol. The van der Waals surface area contributed by atoms with E-state index in [9.17, 15) is 4.79 Å². The quantitative estimate of drug-likeness (QED) is 0.527. The molecular formula is C13H18N4O. The van der Waals surface area contributed by atoms with E-state index >= 15 is 0 Å². The lowest BCUT2D eigenvalue weighted by molar-refractivity contribution is -0.129. The van der Waals surface area contributed by atoms with Crippen LogP contribution in [0, 0.1) is 5.41 Å². The lowest BCUT2D eigenvalue weighted by atomic mass is 10.1. The number of likely N-dealkylation sites (tertiary alicyclic amines) is 1. The van der Waals surface area contributed by atoms with Crippen molar-refractivity contribution >= 4 is 11.7 Å². The van der Waals surface area contributed by atoms with E-state index in [1.165, 1.54) is 0 Å². The third-order valence-corrected chi connectivity index (χ3v) is 3.26. The number of nitrogens with two attached hydrogens (primary N) is 1. The lowest BCUT2D eigenvalue weighted by Crippen LogP contribution is -2.35. The van der Waals surface area contributed by atoms with Crippen LogP contribution in [0.4, 0.5) is 0 Å². The highest BCUT2D eigenvalue weighted by atomic mass is 16.2. The third kappa shape index (κ3) is 2.51. The van der Waals surface area contributed by atoms with Crippen LogP contribution in [0.1, 0.15) is 17.5 Å². The van der Waals surface area contributed by atoms with Gasteiger partial charge in [0.2, 0.25) is 5.91 Å². The van der Waals surface area contributed by atoms with Crippen molar-refractivity contribution in [1.82, 2.24) is 10.2 Å². The van der Waals surface area contributed by atoms with Crippen LogP contribution in [0.25, 0.3) is 0 Å². The molecule has 0 bridgehead atoms. The number of nitrogen functional groups attached to an aromatic ring is 1. The second-order valence-corrected chi connectivity index (χ2v) is 4.50. The summed E-state index contributed by atoms with van der Waals surface area (Å²) in [5.74, 6) is 0.198. The Morgan fingerprint density at radius 1 is 1.61 bits per heavy atom. The molecule has 0 aliphatic carbocycles. The minimum absolute atomic E-state index is 0.0534. The van der Waals surface area contributed by atoms with E-state index in [1.54, 1.807) is 6.07 Å². The number of carbonyl (C=O) groups is 1. The molecule has 0 radical (unpaired) electrons. The van der Waals surface area contributed by atoms with Gasteiger partial charge in [-0.25, -0.2) is 0 Å². The number of amides is 1. The maximum absolute atomic E-state index is 12.0. The van der Waals surface area contributed by atoms with Gasteiger partial charge >= 0.3 is 0 Å². The molecule has 1 aliphatic heterocycles. The molecule has 5 heteroatoms. The zero-order valence-electron chi connectivity index (χ0n) is 10.4. The SMILES string of the molecule is CN[C@@H]1CCN(Cc2cccc(C(=N)N)c2)C1=O. The molecule has 18 heavy (non-hydrogen) atoms. The van der Waals surface area contributed by atoms with Crippen molar-refractivity contribution in [3.63, 3.8) is 0 Å². The Morgan fingerprint density at radius 2 is 2.39 bits per heavy atom. The van der Waals surface area contributed by atoms with Gasteiger partial charge in [0.1, 0.15) is 5.84 Å². The third-order valence-electron chi connectivity index (χ3n) is 3.26. The number of benzene rings is 1. The summed E-state index contributed by atoms with van der Waals surface area (Å²) in [6.07, 6.45) is 0.849. The Morgan fingerprint density at radius 3 is 3.00 bits per heavy atom. The first kappa shape index (κ1) is 12.6. The van der Waals surface area contributed by atoms with E-state index in [1.807, 2.05) is 30.1 Å².